The van der Waals surface area contributed by atoms with Gasteiger partial charge in [-0.25, -0.2) is 18.7 Å². The number of benzene rings is 4. The predicted octanol–water partition coefficient (Wildman–Crippen LogP) is 7.50. The van der Waals surface area contributed by atoms with Crippen molar-refractivity contribution in [1.82, 2.24) is 30.6 Å². The molecule has 0 saturated heterocycles. The quantitative estimate of drug-likeness (QED) is 0.0715. The van der Waals surface area contributed by atoms with Gasteiger partial charge in [0.15, 0.2) is 17.4 Å². The molecule has 4 aromatic carbocycles. The molecule has 0 atom stereocenters. The molecule has 0 spiro atoms. The van der Waals surface area contributed by atoms with Crippen LogP contribution in [-0.4, -0.2) is 50.8 Å². The lowest BCUT2D eigenvalue weighted by atomic mass is 10.1. The van der Waals surface area contributed by atoms with Crippen molar-refractivity contribution in [3.63, 3.8) is 0 Å². The van der Waals surface area contributed by atoms with Gasteiger partial charge in [-0.3, -0.25) is 10.8 Å². The van der Waals surface area contributed by atoms with Crippen molar-refractivity contribution in [3.05, 3.63) is 89.5 Å². The van der Waals surface area contributed by atoms with E-state index in [1.165, 1.54) is 13.2 Å². The zero-order valence-corrected chi connectivity index (χ0v) is 26.5. The van der Waals surface area contributed by atoms with Crippen molar-refractivity contribution >= 4 is 33.7 Å². The number of aromatic nitrogens is 4. The topological polar surface area (TPSA) is 148 Å². The predicted molar refractivity (Wildman–Crippen MR) is 180 cm³/mol. The zero-order chi connectivity index (χ0) is 33.4. The van der Waals surface area contributed by atoms with E-state index in [4.69, 9.17) is 20.3 Å². The first-order chi connectivity index (χ1) is 22.5. The largest absolute Gasteiger partial charge is 0.496 e. The normalized spacial score (nSPS) is 11.4. The van der Waals surface area contributed by atoms with Gasteiger partial charge in [-0.15, -0.1) is 0 Å². The summed E-state index contributed by atoms with van der Waals surface area (Å²) in [6.45, 7) is 7.83. The van der Waals surface area contributed by atoms with Gasteiger partial charge in [0.2, 0.25) is 0 Å². The first-order valence-electron chi connectivity index (χ1n) is 15.0. The summed E-state index contributed by atoms with van der Waals surface area (Å²) in [7, 11) is 1.48. The molecule has 6 rings (SSSR count). The Kier molecular flexibility index (Phi) is 8.33. The van der Waals surface area contributed by atoms with Crippen molar-refractivity contribution in [2.45, 2.75) is 39.8 Å². The molecule has 2 aromatic heterocycles. The van der Waals surface area contributed by atoms with E-state index in [1.54, 1.807) is 30.3 Å². The van der Waals surface area contributed by atoms with Crippen molar-refractivity contribution in [2.24, 2.45) is 0 Å². The van der Waals surface area contributed by atoms with Crippen LogP contribution in [0.2, 0.25) is 0 Å². The number of nitrogens with one attached hydrogen (secondary N) is 6. The highest BCUT2D eigenvalue weighted by Gasteiger charge is 2.19. The average molecular weight is 637 g/mol. The van der Waals surface area contributed by atoms with Crippen LogP contribution < -0.4 is 20.1 Å². The van der Waals surface area contributed by atoms with Gasteiger partial charge in [0.1, 0.15) is 34.8 Å². The summed E-state index contributed by atoms with van der Waals surface area (Å²) in [5.41, 5.74) is 4.89. The van der Waals surface area contributed by atoms with Gasteiger partial charge in [0, 0.05) is 34.8 Å². The fraction of sp³-hybridized carbons (Fsp3) is 0.200. The Bertz CT molecular complexity index is 2130. The third-order valence-corrected chi connectivity index (χ3v) is 7.33. The Morgan fingerprint density at radius 2 is 1.26 bits per heavy atom. The number of rotatable bonds is 9. The average Bonchev–Trinajstić information content (AvgIpc) is 3.65. The fourth-order valence-electron chi connectivity index (χ4n) is 5.18. The van der Waals surface area contributed by atoms with Gasteiger partial charge >= 0.3 is 0 Å². The maximum absolute atomic E-state index is 15.3. The third kappa shape index (κ3) is 6.48. The van der Waals surface area contributed by atoms with Crippen LogP contribution in [0.5, 0.6) is 17.2 Å². The molecule has 6 N–H and O–H groups in total. The van der Waals surface area contributed by atoms with Gasteiger partial charge in [-0.05, 0) is 88.4 Å². The first kappa shape index (κ1) is 31.2. The maximum Gasteiger partial charge on any atom is 0.198 e. The molecule has 12 heteroatoms. The Morgan fingerprint density at radius 3 is 1.79 bits per heavy atom. The zero-order valence-electron chi connectivity index (χ0n) is 26.5. The van der Waals surface area contributed by atoms with E-state index in [1.807, 2.05) is 45.9 Å². The number of aromatic amines is 2. The maximum atomic E-state index is 15.3. The van der Waals surface area contributed by atoms with Crippen LogP contribution in [0.15, 0.2) is 66.7 Å². The molecule has 6 aromatic rings. The molecular formula is C35H34F2N8O2. The summed E-state index contributed by atoms with van der Waals surface area (Å²) in [4.78, 5) is 15.5. The molecular weight excluding hydrogens is 602 g/mol. The summed E-state index contributed by atoms with van der Waals surface area (Å²) in [6, 6.07) is 18.1. The van der Waals surface area contributed by atoms with E-state index in [-0.39, 0.29) is 35.1 Å². The number of halogens is 2. The van der Waals surface area contributed by atoms with Gasteiger partial charge < -0.3 is 30.1 Å². The number of hydrogen-bond acceptors (Lipinski definition) is 6. The summed E-state index contributed by atoms with van der Waals surface area (Å²) >= 11 is 0. The van der Waals surface area contributed by atoms with Crippen LogP contribution in [0, 0.1) is 22.5 Å². The Hall–Kier alpha value is -5.78. The smallest absolute Gasteiger partial charge is 0.198 e. The monoisotopic (exact) mass is 636 g/mol. The van der Waals surface area contributed by atoms with Crippen molar-refractivity contribution < 1.29 is 18.3 Å². The molecule has 0 fully saturated rings. The molecule has 240 valence electrons. The van der Waals surface area contributed by atoms with E-state index < -0.39 is 17.4 Å². The number of nitrogens with zero attached hydrogens (tertiary/aromatic N) is 2. The Labute approximate surface area is 269 Å². The lowest BCUT2D eigenvalue weighted by molar-refractivity contribution is 0.394. The fourth-order valence-corrected chi connectivity index (χ4v) is 5.18. The molecule has 0 aliphatic heterocycles. The molecule has 0 unspecified atom stereocenters. The highest BCUT2D eigenvalue weighted by molar-refractivity contribution is 6.00. The molecule has 0 saturated carbocycles. The van der Waals surface area contributed by atoms with E-state index >= 15 is 8.78 Å². The second-order valence-corrected chi connectivity index (χ2v) is 11.7. The molecule has 0 bridgehead atoms. The second-order valence-electron chi connectivity index (χ2n) is 11.7. The number of hydrogen-bond donors (Lipinski definition) is 6. The molecule has 0 aliphatic rings. The number of ether oxygens (including phenoxy) is 2. The number of amidine groups is 2. The summed E-state index contributed by atoms with van der Waals surface area (Å²) in [5, 5.41) is 22.7. The number of H-pyrrole nitrogens is 2. The molecule has 2 heterocycles. The van der Waals surface area contributed by atoms with Crippen LogP contribution in [0.4, 0.5) is 8.78 Å². The molecule has 0 aliphatic carbocycles. The van der Waals surface area contributed by atoms with E-state index in [0.29, 0.717) is 45.1 Å². The minimum absolute atomic E-state index is 0.0988. The standard InChI is InChI=1S/C35H34F2N8O2/c1-17(2)40-32(38)19-6-10-26-28(14-19)44-34(42-26)21-12-24(36)31(25(37)13-21)47-22-8-9-23(30(16-22)46-5)35-43-27-11-7-20(15-29(27)45-35)33(39)41-18(3)4/h6-18H,1-5H3,(H2,38,40)(H2,39,41)(H,42,44)(H,43,45). The van der Waals surface area contributed by atoms with E-state index in [2.05, 4.69) is 30.6 Å². The SMILES string of the molecule is COc1cc(Oc2c(F)cc(-c3nc4ccc(C(=N)NC(C)C)cc4[nH]3)cc2F)ccc1-c1nc2ccc(C(=N)NC(C)C)cc2[nH]1. The van der Waals surface area contributed by atoms with E-state index in [9.17, 15) is 0 Å². The van der Waals surface area contributed by atoms with Crippen LogP contribution in [-0.2, 0) is 0 Å². The van der Waals surface area contributed by atoms with Crippen LogP contribution in [0.1, 0.15) is 38.8 Å². The van der Waals surface area contributed by atoms with Crippen LogP contribution in [0.3, 0.4) is 0 Å². The Morgan fingerprint density at radius 1 is 0.723 bits per heavy atom. The molecule has 0 amide bonds. The minimum atomic E-state index is -0.905. The highest BCUT2D eigenvalue weighted by atomic mass is 19.1. The number of fused-ring (bicyclic) bond motifs is 2. The van der Waals surface area contributed by atoms with Crippen molar-refractivity contribution in [2.75, 3.05) is 7.11 Å². The second kappa shape index (κ2) is 12.5. The van der Waals surface area contributed by atoms with Crippen molar-refractivity contribution in [3.8, 4) is 40.0 Å². The van der Waals surface area contributed by atoms with Crippen LogP contribution in [0.25, 0.3) is 44.8 Å². The summed E-state index contributed by atoms with van der Waals surface area (Å²) in [5.74, 6) is -0.445. The molecule has 0 radical (unpaired) electrons. The lowest BCUT2D eigenvalue weighted by Crippen LogP contribution is -2.30. The van der Waals surface area contributed by atoms with Gasteiger partial charge in [-0.1, -0.05) is 0 Å². The third-order valence-electron chi connectivity index (χ3n) is 7.33. The molecule has 10 nitrogen and oxygen atoms in total. The van der Waals surface area contributed by atoms with E-state index in [0.717, 1.165) is 23.2 Å². The van der Waals surface area contributed by atoms with Gasteiger partial charge in [0.05, 0.1) is 34.7 Å². The molecule has 47 heavy (non-hydrogen) atoms. The van der Waals surface area contributed by atoms with Crippen molar-refractivity contribution in [1.29, 1.82) is 10.8 Å². The lowest BCUT2D eigenvalue weighted by Gasteiger charge is -2.12. The summed E-state index contributed by atoms with van der Waals surface area (Å²) in [6.07, 6.45) is 0. The number of imidazole rings is 2. The number of methoxy groups -OCH3 is 1. The highest BCUT2D eigenvalue weighted by Crippen LogP contribution is 2.37. The Balaban J connectivity index is 1.24. The minimum Gasteiger partial charge on any atom is -0.496 e. The van der Waals surface area contributed by atoms with Crippen LogP contribution >= 0.6 is 0 Å². The first-order valence-corrected chi connectivity index (χ1v) is 15.0. The van der Waals surface area contributed by atoms with Gasteiger partial charge in [-0.2, -0.15) is 0 Å². The summed E-state index contributed by atoms with van der Waals surface area (Å²) < 4.78 is 41.9. The van der Waals surface area contributed by atoms with Gasteiger partial charge in [0.25, 0.3) is 0 Å².